The fraction of sp³-hybridized carbons (Fsp3) is 0.444. The van der Waals surface area contributed by atoms with Gasteiger partial charge in [-0.1, -0.05) is 30.3 Å². The van der Waals surface area contributed by atoms with E-state index in [-0.39, 0.29) is 45.0 Å². The SMILES string of the molecule is COC(=O)[C@H](CC=O)N1CCN(C(=O)OCc2ccccc2)CCC1=O. The number of aldehydes is 1. The van der Waals surface area contributed by atoms with Crippen molar-refractivity contribution >= 4 is 24.3 Å². The van der Waals surface area contributed by atoms with E-state index in [0.29, 0.717) is 6.29 Å². The van der Waals surface area contributed by atoms with E-state index in [9.17, 15) is 19.2 Å². The molecule has 0 bridgehead atoms. The molecule has 8 heteroatoms. The molecule has 140 valence electrons. The first kappa shape index (κ1) is 19.4. The van der Waals surface area contributed by atoms with E-state index in [0.717, 1.165) is 5.56 Å². The number of ether oxygens (including phenoxy) is 2. The van der Waals surface area contributed by atoms with E-state index in [1.807, 2.05) is 30.3 Å². The van der Waals surface area contributed by atoms with Gasteiger partial charge in [-0.3, -0.25) is 4.79 Å². The molecule has 0 radical (unpaired) electrons. The van der Waals surface area contributed by atoms with Crippen LogP contribution in [0.15, 0.2) is 30.3 Å². The van der Waals surface area contributed by atoms with Gasteiger partial charge in [0.2, 0.25) is 5.91 Å². The second-order valence-electron chi connectivity index (χ2n) is 5.81. The van der Waals surface area contributed by atoms with Crippen molar-refractivity contribution in [2.45, 2.75) is 25.5 Å². The van der Waals surface area contributed by atoms with Gasteiger partial charge >= 0.3 is 12.1 Å². The summed E-state index contributed by atoms with van der Waals surface area (Å²) in [6.07, 6.45) is -0.0384. The molecule has 1 fully saturated rings. The molecular weight excluding hydrogens is 340 g/mol. The molecule has 2 rings (SSSR count). The molecule has 0 N–H and O–H groups in total. The Morgan fingerprint density at radius 2 is 1.92 bits per heavy atom. The maximum absolute atomic E-state index is 12.3. The molecule has 1 aromatic rings. The fourth-order valence-electron chi connectivity index (χ4n) is 2.74. The lowest BCUT2D eigenvalue weighted by atomic mass is 10.1. The summed E-state index contributed by atoms with van der Waals surface area (Å²) in [6, 6.07) is 8.31. The van der Waals surface area contributed by atoms with Crippen LogP contribution in [0.3, 0.4) is 0 Å². The van der Waals surface area contributed by atoms with Crippen LogP contribution < -0.4 is 0 Å². The molecule has 8 nitrogen and oxygen atoms in total. The number of hydrogen-bond acceptors (Lipinski definition) is 6. The average Bonchev–Trinajstić information content (AvgIpc) is 2.86. The zero-order valence-corrected chi connectivity index (χ0v) is 14.6. The minimum absolute atomic E-state index is 0.0484. The predicted octanol–water partition coefficient (Wildman–Crippen LogP) is 0.988. The van der Waals surface area contributed by atoms with Crippen molar-refractivity contribution in [2.75, 3.05) is 26.7 Å². The first-order valence-electron chi connectivity index (χ1n) is 8.33. The maximum atomic E-state index is 12.3. The van der Waals surface area contributed by atoms with Gasteiger partial charge in [0.15, 0.2) is 0 Å². The summed E-state index contributed by atoms with van der Waals surface area (Å²) in [4.78, 5) is 50.0. The topological polar surface area (TPSA) is 93.2 Å². The lowest BCUT2D eigenvalue weighted by Gasteiger charge is -2.27. The number of carbonyl (C=O) groups excluding carboxylic acids is 4. The minimum atomic E-state index is -0.967. The highest BCUT2D eigenvalue weighted by molar-refractivity contribution is 5.86. The molecule has 0 saturated carbocycles. The van der Waals surface area contributed by atoms with Gasteiger partial charge in [-0.2, -0.15) is 0 Å². The Bertz CT molecular complexity index is 648. The second-order valence-corrected chi connectivity index (χ2v) is 5.81. The lowest BCUT2D eigenvalue weighted by molar-refractivity contribution is -0.153. The third-order valence-corrected chi connectivity index (χ3v) is 4.16. The number of carbonyl (C=O) groups is 4. The van der Waals surface area contributed by atoms with Gasteiger partial charge in [0.25, 0.3) is 0 Å². The van der Waals surface area contributed by atoms with Crippen molar-refractivity contribution in [3.8, 4) is 0 Å². The normalized spacial score (nSPS) is 15.8. The van der Waals surface area contributed by atoms with Gasteiger partial charge in [-0.25, -0.2) is 9.59 Å². The van der Waals surface area contributed by atoms with E-state index in [4.69, 9.17) is 4.74 Å². The molecule has 1 saturated heterocycles. The highest BCUT2D eigenvalue weighted by Gasteiger charge is 2.33. The van der Waals surface area contributed by atoms with Crippen LogP contribution in [0, 0.1) is 0 Å². The Hall–Kier alpha value is -2.90. The number of hydrogen-bond donors (Lipinski definition) is 0. The summed E-state index contributed by atoms with van der Waals surface area (Å²) in [7, 11) is 1.20. The van der Waals surface area contributed by atoms with Crippen molar-refractivity contribution in [2.24, 2.45) is 0 Å². The third kappa shape index (κ3) is 5.05. The Morgan fingerprint density at radius 1 is 1.19 bits per heavy atom. The van der Waals surface area contributed by atoms with E-state index in [2.05, 4.69) is 4.74 Å². The summed E-state index contributed by atoms with van der Waals surface area (Å²) in [6.45, 7) is 0.681. The average molecular weight is 362 g/mol. The van der Waals surface area contributed by atoms with E-state index in [1.54, 1.807) is 0 Å². The number of rotatable bonds is 6. The monoisotopic (exact) mass is 362 g/mol. The Balaban J connectivity index is 1.96. The Kier molecular flexibility index (Phi) is 7.13. The molecular formula is C18H22N2O6. The molecule has 0 unspecified atom stereocenters. The van der Waals surface area contributed by atoms with Crippen molar-refractivity contribution in [1.82, 2.24) is 9.80 Å². The number of methoxy groups -OCH3 is 1. The van der Waals surface area contributed by atoms with Crippen LogP contribution in [0.25, 0.3) is 0 Å². The van der Waals surface area contributed by atoms with Gasteiger partial charge in [0.1, 0.15) is 18.9 Å². The van der Waals surface area contributed by atoms with Gasteiger partial charge < -0.3 is 24.1 Å². The van der Waals surface area contributed by atoms with Gasteiger partial charge in [0, 0.05) is 32.5 Å². The van der Waals surface area contributed by atoms with Crippen LogP contribution in [0.1, 0.15) is 18.4 Å². The smallest absolute Gasteiger partial charge is 0.410 e. The highest BCUT2D eigenvalue weighted by Crippen LogP contribution is 2.13. The fourth-order valence-corrected chi connectivity index (χ4v) is 2.74. The molecule has 0 aromatic heterocycles. The molecule has 1 aromatic carbocycles. The summed E-state index contributed by atoms with van der Waals surface area (Å²) in [5.74, 6) is -0.953. The van der Waals surface area contributed by atoms with Crippen LogP contribution in [-0.2, 0) is 30.5 Å². The first-order chi connectivity index (χ1) is 12.6. The first-order valence-corrected chi connectivity index (χ1v) is 8.33. The molecule has 1 atom stereocenters. The van der Waals surface area contributed by atoms with Crippen molar-refractivity contribution in [3.05, 3.63) is 35.9 Å². The highest BCUT2D eigenvalue weighted by atomic mass is 16.6. The van der Waals surface area contributed by atoms with Crippen LogP contribution in [-0.4, -0.2) is 66.8 Å². The molecule has 0 spiro atoms. The Morgan fingerprint density at radius 3 is 2.58 bits per heavy atom. The largest absolute Gasteiger partial charge is 0.467 e. The summed E-state index contributed by atoms with van der Waals surface area (Å²) in [5, 5.41) is 0. The molecule has 26 heavy (non-hydrogen) atoms. The van der Waals surface area contributed by atoms with Crippen LogP contribution >= 0.6 is 0 Å². The van der Waals surface area contributed by atoms with Crippen molar-refractivity contribution < 1.29 is 28.7 Å². The standard InChI is InChI=1S/C18H22N2O6/c1-25-17(23)15(8-12-21)20-11-10-19(9-7-16(20)22)18(24)26-13-14-5-3-2-4-6-14/h2-6,12,15H,7-11,13H2,1H3/t15-/m0/s1. The number of amides is 2. The van der Waals surface area contributed by atoms with E-state index < -0.39 is 18.1 Å². The van der Waals surface area contributed by atoms with Crippen molar-refractivity contribution in [3.63, 3.8) is 0 Å². The zero-order valence-electron chi connectivity index (χ0n) is 14.6. The van der Waals surface area contributed by atoms with Gasteiger partial charge in [0.05, 0.1) is 7.11 Å². The molecule has 1 aliphatic rings. The quantitative estimate of drug-likeness (QED) is 0.553. The molecule has 1 aliphatic heterocycles. The number of nitrogens with zero attached hydrogens (tertiary/aromatic N) is 2. The second kappa shape index (κ2) is 9.55. The summed E-state index contributed by atoms with van der Waals surface area (Å²) < 4.78 is 9.95. The maximum Gasteiger partial charge on any atom is 0.410 e. The van der Waals surface area contributed by atoms with Gasteiger partial charge in [-0.15, -0.1) is 0 Å². The molecule has 1 heterocycles. The lowest BCUT2D eigenvalue weighted by Crippen LogP contribution is -2.47. The van der Waals surface area contributed by atoms with Gasteiger partial charge in [-0.05, 0) is 5.56 Å². The number of esters is 1. The van der Waals surface area contributed by atoms with Crippen LogP contribution in [0.2, 0.25) is 0 Å². The van der Waals surface area contributed by atoms with E-state index in [1.165, 1.54) is 16.9 Å². The van der Waals surface area contributed by atoms with E-state index >= 15 is 0 Å². The third-order valence-electron chi connectivity index (χ3n) is 4.16. The Labute approximate surface area is 151 Å². The van der Waals surface area contributed by atoms with Crippen LogP contribution in [0.4, 0.5) is 4.79 Å². The predicted molar refractivity (Wildman–Crippen MR) is 91.0 cm³/mol. The summed E-state index contributed by atoms with van der Waals surface area (Å²) >= 11 is 0. The van der Waals surface area contributed by atoms with Crippen LogP contribution in [0.5, 0.6) is 0 Å². The molecule has 0 aliphatic carbocycles. The summed E-state index contributed by atoms with van der Waals surface area (Å²) in [5.41, 5.74) is 0.866. The minimum Gasteiger partial charge on any atom is -0.467 e. The van der Waals surface area contributed by atoms with Crippen molar-refractivity contribution in [1.29, 1.82) is 0 Å². The molecule has 2 amide bonds. The zero-order chi connectivity index (χ0) is 18.9. The number of benzene rings is 1.